The molecule has 0 aliphatic heterocycles. The third-order valence-corrected chi connectivity index (χ3v) is 3.02. The van der Waals surface area contributed by atoms with Gasteiger partial charge in [-0.2, -0.15) is 0 Å². The summed E-state index contributed by atoms with van der Waals surface area (Å²) < 4.78 is 5.53. The maximum atomic E-state index is 8.94. The Morgan fingerprint density at radius 1 is 1.19 bits per heavy atom. The summed E-state index contributed by atoms with van der Waals surface area (Å²) in [5.41, 5.74) is 0.511. The minimum absolute atomic E-state index is 0.446. The Balaban J connectivity index is 1.95. The van der Waals surface area contributed by atoms with Crippen molar-refractivity contribution in [2.45, 2.75) is 6.61 Å². The number of ether oxygens (including phenoxy) is 1. The lowest BCUT2D eigenvalue weighted by Crippen LogP contribution is -2.27. The number of thiophene rings is 1. The Kier molecular flexibility index (Phi) is 3.61. The fourth-order valence-electron chi connectivity index (χ4n) is 1.28. The molecule has 0 saturated heterocycles. The van der Waals surface area contributed by atoms with Crippen molar-refractivity contribution in [1.29, 1.82) is 0 Å². The highest BCUT2D eigenvalue weighted by Crippen LogP contribution is 2.14. The third-order valence-electron chi connectivity index (χ3n) is 2.10. The molecule has 16 heavy (non-hydrogen) atoms. The van der Waals surface area contributed by atoms with Crippen LogP contribution in [0.2, 0.25) is 0 Å². The van der Waals surface area contributed by atoms with Crippen LogP contribution in [0.3, 0.4) is 0 Å². The van der Waals surface area contributed by atoms with Crippen molar-refractivity contribution in [2.24, 2.45) is 0 Å². The van der Waals surface area contributed by atoms with Crippen LogP contribution in [0.25, 0.3) is 0 Å². The molecule has 0 atom stereocenters. The van der Waals surface area contributed by atoms with Gasteiger partial charge in [-0.25, -0.2) is 0 Å². The lowest BCUT2D eigenvalue weighted by Gasteiger charge is -2.03. The van der Waals surface area contributed by atoms with E-state index in [0.29, 0.717) is 12.1 Å². The van der Waals surface area contributed by atoms with Crippen LogP contribution in [0.1, 0.15) is 4.88 Å². The van der Waals surface area contributed by atoms with E-state index in [0.717, 1.165) is 10.6 Å². The molecule has 0 fully saturated rings. The molecule has 0 saturated carbocycles. The number of benzene rings is 1. The molecule has 0 aliphatic carbocycles. The third kappa shape index (κ3) is 2.85. The number of rotatable bonds is 4. The van der Waals surface area contributed by atoms with Gasteiger partial charge in [0.2, 0.25) is 0 Å². The zero-order valence-corrected chi connectivity index (χ0v) is 9.35. The quantitative estimate of drug-likeness (QED) is 0.776. The summed E-state index contributed by atoms with van der Waals surface area (Å²) >= 11 is 1.45. The fraction of sp³-hybridized carbons (Fsp3) is 0.0909. The molecule has 0 aliphatic rings. The second kappa shape index (κ2) is 5.16. The topological polar surface area (TPSA) is 49.7 Å². The molecule has 5 heteroatoms. The molecular formula is C11H11BO3S. The van der Waals surface area contributed by atoms with E-state index in [1.54, 1.807) is 11.4 Å². The molecule has 0 unspecified atom stereocenters. The first kappa shape index (κ1) is 11.2. The first-order chi connectivity index (χ1) is 7.75. The van der Waals surface area contributed by atoms with E-state index in [4.69, 9.17) is 14.8 Å². The van der Waals surface area contributed by atoms with E-state index < -0.39 is 7.12 Å². The van der Waals surface area contributed by atoms with E-state index in [9.17, 15) is 0 Å². The van der Waals surface area contributed by atoms with Gasteiger partial charge in [0.25, 0.3) is 0 Å². The lowest BCUT2D eigenvalue weighted by molar-refractivity contribution is 0.310. The number of hydrogen-bond donors (Lipinski definition) is 2. The van der Waals surface area contributed by atoms with Crippen molar-refractivity contribution >= 4 is 23.9 Å². The summed E-state index contributed by atoms with van der Waals surface area (Å²) in [6, 6.07) is 11.3. The fourth-order valence-corrected chi connectivity index (χ4v) is 2.09. The van der Waals surface area contributed by atoms with Gasteiger partial charge in [-0.1, -0.05) is 18.2 Å². The normalized spacial score (nSPS) is 10.1. The van der Waals surface area contributed by atoms with Crippen molar-refractivity contribution in [1.82, 2.24) is 0 Å². The Bertz CT molecular complexity index is 442. The van der Waals surface area contributed by atoms with Crippen LogP contribution < -0.4 is 10.2 Å². The summed E-state index contributed by atoms with van der Waals surface area (Å²) in [4.78, 5) is 0.965. The van der Waals surface area contributed by atoms with E-state index in [-0.39, 0.29) is 0 Å². The Labute approximate surface area is 98.1 Å². The van der Waals surface area contributed by atoms with Crippen LogP contribution in [0, 0.1) is 0 Å². The maximum Gasteiger partial charge on any atom is 0.489 e. The second-order valence-corrected chi connectivity index (χ2v) is 4.32. The predicted octanol–water partition coefficient (Wildman–Crippen LogP) is 1.01. The molecule has 0 bridgehead atoms. The van der Waals surface area contributed by atoms with Gasteiger partial charge in [-0.15, -0.1) is 11.3 Å². The van der Waals surface area contributed by atoms with Crippen molar-refractivity contribution in [3.05, 3.63) is 46.7 Å². The molecule has 3 nitrogen and oxygen atoms in total. The van der Waals surface area contributed by atoms with E-state index >= 15 is 0 Å². The standard InChI is InChI=1S/C11H11BO3S/c13-12(14)9-6-11(16-8-9)7-15-10-4-2-1-3-5-10/h1-6,8,13-14H,7H2. The summed E-state index contributed by atoms with van der Waals surface area (Å²) in [5, 5.41) is 19.6. The molecule has 0 amide bonds. The summed E-state index contributed by atoms with van der Waals surface area (Å²) in [6.45, 7) is 0.446. The minimum Gasteiger partial charge on any atom is -0.488 e. The van der Waals surface area contributed by atoms with Crippen molar-refractivity contribution in [2.75, 3.05) is 0 Å². The van der Waals surface area contributed by atoms with Gasteiger partial charge in [0.15, 0.2) is 0 Å². The first-order valence-electron chi connectivity index (χ1n) is 4.87. The molecule has 2 aromatic rings. The molecule has 0 radical (unpaired) electrons. The number of hydrogen-bond acceptors (Lipinski definition) is 4. The van der Waals surface area contributed by atoms with Crippen LogP contribution >= 0.6 is 11.3 Å². The minimum atomic E-state index is -1.40. The molecule has 0 spiro atoms. The van der Waals surface area contributed by atoms with Gasteiger partial charge in [0.05, 0.1) is 0 Å². The highest BCUT2D eigenvalue weighted by atomic mass is 32.1. The summed E-state index contributed by atoms with van der Waals surface area (Å²) in [7, 11) is -1.40. The molecule has 2 N–H and O–H groups in total. The van der Waals surface area contributed by atoms with Crippen molar-refractivity contribution in [3.8, 4) is 5.75 Å². The first-order valence-corrected chi connectivity index (χ1v) is 5.75. The van der Waals surface area contributed by atoms with Crippen molar-refractivity contribution < 1.29 is 14.8 Å². The van der Waals surface area contributed by atoms with Gasteiger partial charge in [-0.3, -0.25) is 0 Å². The Hall–Kier alpha value is -1.30. The molecule has 1 aromatic carbocycles. The molecule has 1 heterocycles. The SMILES string of the molecule is OB(O)c1csc(COc2ccccc2)c1. The zero-order valence-electron chi connectivity index (χ0n) is 8.54. The van der Waals surface area contributed by atoms with Crippen LogP contribution in [0.5, 0.6) is 5.75 Å². The van der Waals surface area contributed by atoms with E-state index in [2.05, 4.69) is 0 Å². The smallest absolute Gasteiger partial charge is 0.488 e. The van der Waals surface area contributed by atoms with Crippen LogP contribution in [-0.4, -0.2) is 17.2 Å². The van der Waals surface area contributed by atoms with Crippen LogP contribution in [-0.2, 0) is 6.61 Å². The van der Waals surface area contributed by atoms with Crippen molar-refractivity contribution in [3.63, 3.8) is 0 Å². The predicted molar refractivity (Wildman–Crippen MR) is 64.9 cm³/mol. The van der Waals surface area contributed by atoms with Gasteiger partial charge >= 0.3 is 7.12 Å². The van der Waals surface area contributed by atoms with E-state index in [1.807, 2.05) is 30.3 Å². The maximum absolute atomic E-state index is 8.94. The highest BCUT2D eigenvalue weighted by molar-refractivity contribution is 7.11. The van der Waals surface area contributed by atoms with Gasteiger partial charge < -0.3 is 14.8 Å². The Morgan fingerprint density at radius 3 is 2.56 bits per heavy atom. The Morgan fingerprint density at radius 2 is 1.94 bits per heavy atom. The molecule has 2 rings (SSSR count). The van der Waals surface area contributed by atoms with Gasteiger partial charge in [0, 0.05) is 4.88 Å². The molecular weight excluding hydrogens is 223 g/mol. The highest BCUT2D eigenvalue weighted by Gasteiger charge is 2.12. The zero-order chi connectivity index (χ0) is 11.4. The summed E-state index contributed by atoms with van der Waals surface area (Å²) in [5.74, 6) is 0.807. The average Bonchev–Trinajstić information content (AvgIpc) is 2.76. The lowest BCUT2D eigenvalue weighted by atomic mass is 9.83. The summed E-state index contributed by atoms with van der Waals surface area (Å²) in [6.07, 6.45) is 0. The molecule has 1 aromatic heterocycles. The number of para-hydroxylation sites is 1. The largest absolute Gasteiger partial charge is 0.489 e. The van der Waals surface area contributed by atoms with Gasteiger partial charge in [-0.05, 0) is 29.0 Å². The second-order valence-electron chi connectivity index (χ2n) is 3.32. The van der Waals surface area contributed by atoms with Gasteiger partial charge in [0.1, 0.15) is 12.4 Å². The van der Waals surface area contributed by atoms with Crippen LogP contribution in [0.15, 0.2) is 41.8 Å². The molecule has 82 valence electrons. The van der Waals surface area contributed by atoms with E-state index in [1.165, 1.54) is 11.3 Å². The average molecular weight is 234 g/mol. The monoisotopic (exact) mass is 234 g/mol. The van der Waals surface area contributed by atoms with Crippen LogP contribution in [0.4, 0.5) is 0 Å².